The van der Waals surface area contributed by atoms with E-state index in [-0.39, 0.29) is 5.91 Å². The molecule has 2 aromatic rings. The first-order valence-electron chi connectivity index (χ1n) is 7.76. The SMILES string of the molecule is CCCCN(C)c1ccc(C(=O)Nc2ccc(C)cc2Br)cn1. The van der Waals surface area contributed by atoms with E-state index in [1.54, 1.807) is 6.20 Å². The van der Waals surface area contributed by atoms with Gasteiger partial charge in [0, 0.05) is 24.3 Å². The van der Waals surface area contributed by atoms with Gasteiger partial charge in [-0.2, -0.15) is 0 Å². The molecule has 4 nitrogen and oxygen atoms in total. The van der Waals surface area contributed by atoms with Crippen molar-refractivity contribution in [1.82, 2.24) is 4.98 Å². The van der Waals surface area contributed by atoms with Crippen molar-refractivity contribution in [1.29, 1.82) is 0 Å². The van der Waals surface area contributed by atoms with Gasteiger partial charge in [0.25, 0.3) is 5.91 Å². The maximum Gasteiger partial charge on any atom is 0.257 e. The number of halogens is 1. The van der Waals surface area contributed by atoms with E-state index in [4.69, 9.17) is 0 Å². The number of hydrogen-bond donors (Lipinski definition) is 1. The van der Waals surface area contributed by atoms with Gasteiger partial charge < -0.3 is 10.2 Å². The predicted octanol–water partition coefficient (Wildman–Crippen LogP) is 4.64. The Bertz CT molecular complexity index is 670. The zero-order valence-electron chi connectivity index (χ0n) is 13.8. The van der Waals surface area contributed by atoms with E-state index in [0.717, 1.165) is 40.9 Å². The maximum absolute atomic E-state index is 12.3. The summed E-state index contributed by atoms with van der Waals surface area (Å²) < 4.78 is 0.870. The van der Waals surface area contributed by atoms with E-state index in [1.165, 1.54) is 0 Å². The van der Waals surface area contributed by atoms with Crippen LogP contribution in [0.15, 0.2) is 41.0 Å². The molecule has 1 heterocycles. The van der Waals surface area contributed by atoms with Crippen LogP contribution >= 0.6 is 15.9 Å². The molecule has 0 saturated heterocycles. The summed E-state index contributed by atoms with van der Waals surface area (Å²) in [5.41, 5.74) is 2.44. The molecule has 0 unspecified atom stereocenters. The Labute approximate surface area is 146 Å². The fourth-order valence-corrected chi connectivity index (χ4v) is 2.76. The molecule has 23 heavy (non-hydrogen) atoms. The molecule has 0 bridgehead atoms. The molecule has 1 aromatic heterocycles. The van der Waals surface area contributed by atoms with E-state index < -0.39 is 0 Å². The Balaban J connectivity index is 2.05. The minimum absolute atomic E-state index is 0.162. The lowest BCUT2D eigenvalue weighted by atomic mass is 10.2. The van der Waals surface area contributed by atoms with Gasteiger partial charge >= 0.3 is 0 Å². The Hall–Kier alpha value is -1.88. The van der Waals surface area contributed by atoms with E-state index in [2.05, 4.69) is 38.1 Å². The monoisotopic (exact) mass is 375 g/mol. The highest BCUT2D eigenvalue weighted by molar-refractivity contribution is 9.10. The first kappa shape index (κ1) is 17.5. The van der Waals surface area contributed by atoms with Crippen LogP contribution in [0, 0.1) is 6.92 Å². The van der Waals surface area contributed by atoms with Gasteiger partial charge in [-0.15, -0.1) is 0 Å². The summed E-state index contributed by atoms with van der Waals surface area (Å²) >= 11 is 3.47. The van der Waals surface area contributed by atoms with Crippen molar-refractivity contribution in [2.45, 2.75) is 26.7 Å². The quantitative estimate of drug-likeness (QED) is 0.799. The van der Waals surface area contributed by atoms with Crippen LogP contribution in [-0.2, 0) is 0 Å². The van der Waals surface area contributed by atoms with Crippen molar-refractivity contribution in [2.24, 2.45) is 0 Å². The van der Waals surface area contributed by atoms with Crippen molar-refractivity contribution >= 4 is 33.3 Å². The summed E-state index contributed by atoms with van der Waals surface area (Å²) in [5.74, 6) is 0.719. The van der Waals surface area contributed by atoms with Crippen molar-refractivity contribution in [2.75, 3.05) is 23.8 Å². The number of hydrogen-bond acceptors (Lipinski definition) is 3. The minimum atomic E-state index is -0.162. The number of pyridine rings is 1. The molecular formula is C18H22BrN3O. The second-order valence-corrected chi connectivity index (χ2v) is 6.47. The molecule has 122 valence electrons. The number of carbonyl (C=O) groups excluding carboxylic acids is 1. The molecule has 5 heteroatoms. The topological polar surface area (TPSA) is 45.2 Å². The Morgan fingerprint density at radius 2 is 2.09 bits per heavy atom. The number of benzene rings is 1. The van der Waals surface area contributed by atoms with Gasteiger partial charge in [0.05, 0.1) is 11.3 Å². The molecule has 0 saturated carbocycles. The lowest BCUT2D eigenvalue weighted by Gasteiger charge is -2.17. The molecule has 2 rings (SSSR count). The molecule has 0 aliphatic heterocycles. The first-order valence-corrected chi connectivity index (χ1v) is 8.55. The largest absolute Gasteiger partial charge is 0.360 e. The van der Waals surface area contributed by atoms with Crippen LogP contribution in [0.4, 0.5) is 11.5 Å². The molecule has 1 aromatic carbocycles. The second-order valence-electron chi connectivity index (χ2n) is 5.62. The molecule has 0 aliphatic carbocycles. The van der Waals surface area contributed by atoms with Gasteiger partial charge in [-0.1, -0.05) is 19.4 Å². The Morgan fingerprint density at radius 1 is 1.30 bits per heavy atom. The van der Waals surface area contributed by atoms with E-state index in [0.29, 0.717) is 5.56 Å². The van der Waals surface area contributed by atoms with Crippen molar-refractivity contribution in [3.05, 3.63) is 52.1 Å². The number of rotatable bonds is 6. The summed E-state index contributed by atoms with van der Waals surface area (Å²) in [6, 6.07) is 9.51. The third-order valence-corrected chi connectivity index (χ3v) is 4.28. The van der Waals surface area contributed by atoms with Crippen molar-refractivity contribution in [3.8, 4) is 0 Å². The van der Waals surface area contributed by atoms with E-state index >= 15 is 0 Å². The van der Waals surface area contributed by atoms with Crippen LogP contribution in [0.1, 0.15) is 35.7 Å². The smallest absolute Gasteiger partial charge is 0.257 e. The van der Waals surface area contributed by atoms with Gasteiger partial charge in [-0.05, 0) is 59.1 Å². The van der Waals surface area contributed by atoms with Gasteiger partial charge in [-0.3, -0.25) is 4.79 Å². The lowest BCUT2D eigenvalue weighted by Crippen LogP contribution is -2.20. The molecule has 0 atom stereocenters. The Morgan fingerprint density at radius 3 is 2.70 bits per heavy atom. The first-order chi connectivity index (χ1) is 11.0. The second kappa shape index (κ2) is 8.11. The van der Waals surface area contributed by atoms with Crippen LogP contribution in [0.3, 0.4) is 0 Å². The van der Waals surface area contributed by atoms with Gasteiger partial charge in [0.2, 0.25) is 0 Å². The third-order valence-electron chi connectivity index (χ3n) is 3.62. The van der Waals surface area contributed by atoms with E-state index in [9.17, 15) is 4.79 Å². The number of carbonyl (C=O) groups is 1. The highest BCUT2D eigenvalue weighted by Crippen LogP contribution is 2.24. The number of unbranched alkanes of at least 4 members (excludes halogenated alkanes) is 1. The summed E-state index contributed by atoms with van der Waals surface area (Å²) in [5, 5.41) is 2.90. The number of aromatic nitrogens is 1. The zero-order valence-corrected chi connectivity index (χ0v) is 15.4. The molecule has 0 radical (unpaired) electrons. The van der Waals surface area contributed by atoms with Crippen LogP contribution in [0.25, 0.3) is 0 Å². The summed E-state index contributed by atoms with van der Waals surface area (Å²) in [6.07, 6.45) is 3.90. The summed E-state index contributed by atoms with van der Waals surface area (Å²) in [6.45, 7) is 5.14. The van der Waals surface area contributed by atoms with Crippen molar-refractivity contribution in [3.63, 3.8) is 0 Å². The molecule has 1 N–H and O–H groups in total. The fraction of sp³-hybridized carbons (Fsp3) is 0.333. The number of nitrogens with zero attached hydrogens (tertiary/aromatic N) is 2. The normalized spacial score (nSPS) is 10.4. The fourth-order valence-electron chi connectivity index (χ4n) is 2.17. The molecule has 0 aliphatic rings. The number of anilines is 2. The van der Waals surface area contributed by atoms with Crippen LogP contribution in [0.5, 0.6) is 0 Å². The lowest BCUT2D eigenvalue weighted by molar-refractivity contribution is 0.102. The molecule has 0 fully saturated rings. The third kappa shape index (κ3) is 4.79. The standard InChI is InChI=1S/C18H22BrN3O/c1-4-5-10-22(3)17-9-7-14(12-20-17)18(23)21-16-8-6-13(2)11-15(16)19/h6-9,11-12H,4-5,10H2,1-3H3,(H,21,23). The Kier molecular flexibility index (Phi) is 6.16. The number of aryl methyl sites for hydroxylation is 1. The highest BCUT2D eigenvalue weighted by Gasteiger charge is 2.10. The summed E-state index contributed by atoms with van der Waals surface area (Å²) in [4.78, 5) is 18.8. The van der Waals surface area contributed by atoms with Gasteiger partial charge in [-0.25, -0.2) is 4.98 Å². The van der Waals surface area contributed by atoms with Gasteiger partial charge in [0.1, 0.15) is 5.82 Å². The summed E-state index contributed by atoms with van der Waals surface area (Å²) in [7, 11) is 2.02. The molecule has 1 amide bonds. The zero-order chi connectivity index (χ0) is 16.8. The average molecular weight is 376 g/mol. The van der Waals surface area contributed by atoms with Gasteiger partial charge in [0.15, 0.2) is 0 Å². The number of nitrogens with one attached hydrogen (secondary N) is 1. The highest BCUT2D eigenvalue weighted by atomic mass is 79.9. The van der Waals surface area contributed by atoms with Crippen LogP contribution < -0.4 is 10.2 Å². The van der Waals surface area contributed by atoms with Crippen LogP contribution in [-0.4, -0.2) is 24.5 Å². The molecular weight excluding hydrogens is 354 g/mol. The van der Waals surface area contributed by atoms with Crippen LogP contribution in [0.2, 0.25) is 0 Å². The number of amides is 1. The predicted molar refractivity (Wildman–Crippen MR) is 99.2 cm³/mol. The maximum atomic E-state index is 12.3. The molecule has 0 spiro atoms. The minimum Gasteiger partial charge on any atom is -0.360 e. The van der Waals surface area contributed by atoms with Crippen molar-refractivity contribution < 1.29 is 4.79 Å². The van der Waals surface area contributed by atoms with E-state index in [1.807, 2.05) is 44.3 Å². The average Bonchev–Trinajstić information content (AvgIpc) is 2.55.